The van der Waals surface area contributed by atoms with Gasteiger partial charge in [0.05, 0.1) is 12.8 Å². The maximum Gasteiger partial charge on any atom is 0.336 e. The van der Waals surface area contributed by atoms with Crippen LogP contribution in [-0.4, -0.2) is 79.0 Å². The summed E-state index contributed by atoms with van der Waals surface area (Å²) in [4.78, 5) is 30.5. The van der Waals surface area contributed by atoms with E-state index in [0.717, 1.165) is 0 Å². The van der Waals surface area contributed by atoms with Crippen LogP contribution in [0.5, 0.6) is 0 Å². The summed E-state index contributed by atoms with van der Waals surface area (Å²) in [6.07, 6.45) is -2.29. The van der Waals surface area contributed by atoms with E-state index in [4.69, 9.17) is 20.4 Å². The Balaban J connectivity index is -0.000000720. The number of hydrogen-bond acceptors (Lipinski definition) is 4. The summed E-state index contributed by atoms with van der Waals surface area (Å²) in [5, 5.41) is 33.8. The second-order valence-corrected chi connectivity index (χ2v) is 2.48. The molecule has 83 valence electrons. The third-order valence-corrected chi connectivity index (χ3v) is 1.29. The Morgan fingerprint density at radius 1 is 0.933 bits per heavy atom. The normalized spacial score (nSPS) is 9.40. The van der Waals surface area contributed by atoms with Crippen LogP contribution in [0.15, 0.2) is 0 Å². The van der Waals surface area contributed by atoms with Crippen LogP contribution >= 0.6 is 0 Å². The fourth-order valence-corrected chi connectivity index (χ4v) is 0.714. The van der Waals surface area contributed by atoms with Crippen molar-refractivity contribution in [1.29, 1.82) is 0 Å². The van der Waals surface area contributed by atoms with Gasteiger partial charge in [-0.25, -0.2) is 4.79 Å². The van der Waals surface area contributed by atoms with E-state index >= 15 is 0 Å². The molecule has 0 saturated heterocycles. The number of carboxylic acid groups (broad SMARTS) is 3. The maximum absolute atomic E-state index is 10.3. The maximum atomic E-state index is 10.3. The Bertz CT molecular complexity index is 234. The molecule has 0 rings (SSSR count). The fourth-order valence-electron chi connectivity index (χ4n) is 0.714. The van der Waals surface area contributed by atoms with E-state index in [2.05, 4.69) is 0 Å². The zero-order chi connectivity index (χ0) is 10.6. The van der Waals surface area contributed by atoms with Gasteiger partial charge in [0.2, 0.25) is 0 Å². The molecule has 8 nitrogen and oxygen atoms in total. The second kappa shape index (κ2) is 7.60. The van der Waals surface area contributed by atoms with E-state index in [0.29, 0.717) is 0 Å². The molecule has 0 heterocycles. The largest absolute Gasteiger partial charge is 0.481 e. The molecule has 0 atom stereocenters. The van der Waals surface area contributed by atoms with Crippen LogP contribution in [-0.2, 0) is 14.4 Å². The first kappa shape index (κ1) is 19.8. The quantitative estimate of drug-likeness (QED) is 0.382. The monoisotopic (exact) mass is 233 g/mol. The average Bonchev–Trinajstić information content (AvgIpc) is 1.82. The van der Waals surface area contributed by atoms with Crippen molar-refractivity contribution >= 4 is 47.5 Å². The van der Waals surface area contributed by atoms with Gasteiger partial charge >= 0.3 is 17.9 Å². The first-order valence-electron chi connectivity index (χ1n) is 3.17. The smallest absolute Gasteiger partial charge is 0.336 e. The molecule has 0 spiro atoms. The van der Waals surface area contributed by atoms with Crippen molar-refractivity contribution in [2.75, 3.05) is 0 Å². The first-order valence-corrected chi connectivity index (χ1v) is 3.17. The molecule has 15 heavy (non-hydrogen) atoms. The minimum absolute atomic E-state index is 0. The van der Waals surface area contributed by atoms with Crippen LogP contribution in [0.4, 0.5) is 0 Å². The Labute approximate surface area is 106 Å². The molecule has 9 heteroatoms. The summed E-state index contributed by atoms with van der Waals surface area (Å²) < 4.78 is 0. The van der Waals surface area contributed by atoms with Crippen LogP contribution in [0.25, 0.3) is 0 Å². The SMILES string of the molecule is O.O=C(O)CC(O)(CC(=O)O)C(=O)O.[Na]. The van der Waals surface area contributed by atoms with E-state index in [9.17, 15) is 14.4 Å². The van der Waals surface area contributed by atoms with Crippen molar-refractivity contribution in [2.45, 2.75) is 18.4 Å². The molecule has 0 aliphatic rings. The summed E-state index contributed by atoms with van der Waals surface area (Å²) >= 11 is 0. The van der Waals surface area contributed by atoms with Crippen molar-refractivity contribution in [3.8, 4) is 0 Å². The molecule has 0 aromatic carbocycles. The number of carboxylic acids is 3. The van der Waals surface area contributed by atoms with Gasteiger partial charge < -0.3 is 25.9 Å². The van der Waals surface area contributed by atoms with Crippen LogP contribution in [0.3, 0.4) is 0 Å². The standard InChI is InChI=1S/C6H8O7.Na.H2O/c7-3(8)1-6(13,5(11)12)2-4(9)10;;/h13H,1-2H2,(H,7,8)(H,9,10)(H,11,12);;1H2. The van der Waals surface area contributed by atoms with Crippen molar-refractivity contribution in [2.24, 2.45) is 0 Å². The molecule has 0 bridgehead atoms. The molecule has 0 aromatic heterocycles. The molecule has 0 unspecified atom stereocenters. The van der Waals surface area contributed by atoms with Crippen LogP contribution in [0.1, 0.15) is 12.8 Å². The van der Waals surface area contributed by atoms with Gasteiger partial charge in [-0.2, -0.15) is 0 Å². The van der Waals surface area contributed by atoms with Gasteiger partial charge in [0.25, 0.3) is 0 Å². The zero-order valence-corrected chi connectivity index (χ0v) is 9.93. The molecule has 0 fully saturated rings. The molecule has 0 aliphatic carbocycles. The van der Waals surface area contributed by atoms with Crippen molar-refractivity contribution in [1.82, 2.24) is 0 Å². The van der Waals surface area contributed by atoms with Crippen molar-refractivity contribution in [3.63, 3.8) is 0 Å². The van der Waals surface area contributed by atoms with E-state index in [-0.39, 0.29) is 35.0 Å². The summed E-state index contributed by atoms with van der Waals surface area (Å²) in [6.45, 7) is 0. The van der Waals surface area contributed by atoms with E-state index < -0.39 is 36.4 Å². The number of aliphatic carboxylic acids is 3. The second-order valence-electron chi connectivity index (χ2n) is 2.48. The number of hydrogen-bond donors (Lipinski definition) is 4. The number of aliphatic hydroxyl groups is 1. The molecular weight excluding hydrogens is 223 g/mol. The van der Waals surface area contributed by atoms with Gasteiger partial charge in [0, 0.05) is 29.6 Å². The Hall–Kier alpha value is -0.670. The molecule has 0 aromatic rings. The van der Waals surface area contributed by atoms with Crippen LogP contribution in [0.2, 0.25) is 0 Å². The predicted octanol–water partition coefficient (Wildman–Crippen LogP) is -2.45. The van der Waals surface area contributed by atoms with E-state index in [1.165, 1.54) is 0 Å². The number of rotatable bonds is 5. The summed E-state index contributed by atoms with van der Waals surface area (Å²) in [7, 11) is 0. The first-order chi connectivity index (χ1) is 5.78. The van der Waals surface area contributed by atoms with E-state index in [1.54, 1.807) is 0 Å². The minimum atomic E-state index is -2.74. The van der Waals surface area contributed by atoms with Gasteiger partial charge in [-0.05, 0) is 0 Å². The van der Waals surface area contributed by atoms with Crippen molar-refractivity contribution in [3.05, 3.63) is 0 Å². The average molecular weight is 233 g/mol. The molecule has 1 radical (unpaired) electrons. The van der Waals surface area contributed by atoms with E-state index in [1.807, 2.05) is 0 Å². The van der Waals surface area contributed by atoms with Gasteiger partial charge in [0.1, 0.15) is 0 Å². The molecular formula is C6H10NaO8. The predicted molar refractivity (Wildman–Crippen MR) is 46.5 cm³/mol. The summed E-state index contributed by atoms with van der Waals surface area (Å²) in [6, 6.07) is 0. The van der Waals surface area contributed by atoms with Crippen LogP contribution < -0.4 is 0 Å². The Morgan fingerprint density at radius 2 is 1.20 bits per heavy atom. The summed E-state index contributed by atoms with van der Waals surface area (Å²) in [5.74, 6) is -5.02. The third kappa shape index (κ3) is 7.28. The fraction of sp³-hybridized carbons (Fsp3) is 0.500. The Morgan fingerprint density at radius 3 is 1.33 bits per heavy atom. The Kier molecular flexibility index (Phi) is 10.0. The third-order valence-electron chi connectivity index (χ3n) is 1.29. The van der Waals surface area contributed by atoms with Gasteiger partial charge in [-0.1, -0.05) is 0 Å². The molecule has 0 aliphatic heterocycles. The van der Waals surface area contributed by atoms with Crippen molar-refractivity contribution < 1.29 is 40.3 Å². The zero-order valence-electron chi connectivity index (χ0n) is 7.93. The molecule has 0 amide bonds. The molecule has 0 saturated carbocycles. The minimum Gasteiger partial charge on any atom is -0.481 e. The molecule has 6 N–H and O–H groups in total. The van der Waals surface area contributed by atoms with Gasteiger partial charge in [-0.3, -0.25) is 9.59 Å². The topological polar surface area (TPSA) is 164 Å². The summed E-state index contributed by atoms with van der Waals surface area (Å²) in [5.41, 5.74) is -2.74. The van der Waals surface area contributed by atoms with Gasteiger partial charge in [0.15, 0.2) is 5.60 Å². The van der Waals surface area contributed by atoms with Crippen LogP contribution in [0, 0.1) is 0 Å². The number of carbonyl (C=O) groups is 3. The van der Waals surface area contributed by atoms with Gasteiger partial charge in [-0.15, -0.1) is 0 Å².